The maximum atomic E-state index is 13.7. The van der Waals surface area contributed by atoms with Gasteiger partial charge in [0.25, 0.3) is 0 Å². The molecule has 0 bridgehead atoms. The smallest absolute Gasteiger partial charge is 0.225 e. The third-order valence-electron chi connectivity index (χ3n) is 3.31. The number of hydrogen-bond acceptors (Lipinski definition) is 1. The average molecular weight is 306 g/mol. The molecule has 2 aromatic rings. The highest BCUT2D eigenvalue weighted by Gasteiger charge is 2.14. The van der Waals surface area contributed by atoms with Gasteiger partial charge in [0.1, 0.15) is 5.82 Å². The van der Waals surface area contributed by atoms with E-state index in [2.05, 4.69) is 5.32 Å². The molecule has 0 aliphatic rings. The fourth-order valence-corrected chi connectivity index (χ4v) is 2.35. The molecule has 1 N–H and O–H groups in total. The molecule has 0 aliphatic heterocycles. The van der Waals surface area contributed by atoms with Crippen LogP contribution in [-0.2, 0) is 11.2 Å². The number of hydrogen-bond donors (Lipinski definition) is 1. The maximum absolute atomic E-state index is 13.7. The summed E-state index contributed by atoms with van der Waals surface area (Å²) in [5, 5.41) is 3.26. The predicted octanol–water partition coefficient (Wildman–Crippen LogP) is 4.29. The lowest BCUT2D eigenvalue weighted by molar-refractivity contribution is -0.121. The van der Waals surface area contributed by atoms with Crippen LogP contribution in [0.1, 0.15) is 30.5 Å². The van der Waals surface area contributed by atoms with E-state index in [1.54, 1.807) is 12.1 Å². The highest BCUT2D eigenvalue weighted by Crippen LogP contribution is 2.18. The van der Waals surface area contributed by atoms with Gasteiger partial charge in [0.05, 0.1) is 12.5 Å². The topological polar surface area (TPSA) is 29.1 Å². The molecule has 2 aromatic carbocycles. The summed E-state index contributed by atoms with van der Waals surface area (Å²) in [5.74, 6) is -0.655. The molecule has 2 nitrogen and oxygen atoms in total. The van der Waals surface area contributed by atoms with E-state index < -0.39 is 5.82 Å². The van der Waals surface area contributed by atoms with Gasteiger partial charge in [-0.3, -0.25) is 4.79 Å². The Hall–Kier alpha value is -1.87. The van der Waals surface area contributed by atoms with Gasteiger partial charge in [-0.2, -0.15) is 0 Å². The SMILES string of the molecule is CC[C@@H](NC(=O)Cc1ccc(Cl)cc1F)c1ccccc1. The van der Waals surface area contributed by atoms with Crippen LogP contribution in [-0.4, -0.2) is 5.91 Å². The number of halogens is 2. The van der Waals surface area contributed by atoms with E-state index in [9.17, 15) is 9.18 Å². The summed E-state index contributed by atoms with van der Waals surface area (Å²) in [7, 11) is 0. The van der Waals surface area contributed by atoms with Crippen molar-refractivity contribution in [3.8, 4) is 0 Å². The van der Waals surface area contributed by atoms with Crippen LogP contribution in [0.5, 0.6) is 0 Å². The molecule has 0 saturated carbocycles. The molecule has 2 rings (SSSR count). The molecule has 0 heterocycles. The highest BCUT2D eigenvalue weighted by molar-refractivity contribution is 6.30. The van der Waals surface area contributed by atoms with E-state index in [4.69, 9.17) is 11.6 Å². The fourth-order valence-electron chi connectivity index (χ4n) is 2.19. The minimum Gasteiger partial charge on any atom is -0.349 e. The molecule has 1 atom stereocenters. The summed E-state index contributed by atoms with van der Waals surface area (Å²) in [6.45, 7) is 2.00. The third-order valence-corrected chi connectivity index (χ3v) is 3.55. The molecule has 0 aromatic heterocycles. The summed E-state index contributed by atoms with van der Waals surface area (Å²) < 4.78 is 13.7. The van der Waals surface area contributed by atoms with Crippen LogP contribution in [0.2, 0.25) is 5.02 Å². The Bertz CT molecular complexity index is 615. The Morgan fingerprint density at radius 2 is 1.95 bits per heavy atom. The van der Waals surface area contributed by atoms with Gasteiger partial charge in [-0.25, -0.2) is 4.39 Å². The van der Waals surface area contributed by atoms with Crippen LogP contribution in [0.15, 0.2) is 48.5 Å². The minimum absolute atomic E-state index is 0.00629. The van der Waals surface area contributed by atoms with Crippen molar-refractivity contribution in [2.45, 2.75) is 25.8 Å². The monoisotopic (exact) mass is 305 g/mol. The lowest BCUT2D eigenvalue weighted by Gasteiger charge is -2.17. The van der Waals surface area contributed by atoms with Gasteiger partial charge in [0, 0.05) is 5.02 Å². The second-order valence-electron chi connectivity index (χ2n) is 4.85. The van der Waals surface area contributed by atoms with Gasteiger partial charge in [-0.1, -0.05) is 54.9 Å². The number of carbonyl (C=O) groups excluding carboxylic acids is 1. The molecule has 0 radical (unpaired) electrons. The number of nitrogens with one attached hydrogen (secondary N) is 1. The highest BCUT2D eigenvalue weighted by atomic mass is 35.5. The second-order valence-corrected chi connectivity index (χ2v) is 5.29. The van der Waals surface area contributed by atoms with E-state index >= 15 is 0 Å². The number of carbonyl (C=O) groups is 1. The first-order chi connectivity index (χ1) is 10.1. The Morgan fingerprint density at radius 3 is 2.57 bits per heavy atom. The normalized spacial score (nSPS) is 12.0. The van der Waals surface area contributed by atoms with Gasteiger partial charge < -0.3 is 5.32 Å². The van der Waals surface area contributed by atoms with Crippen molar-refractivity contribution in [3.63, 3.8) is 0 Å². The Morgan fingerprint density at radius 1 is 1.24 bits per heavy atom. The van der Waals surface area contributed by atoms with Crippen LogP contribution in [0.3, 0.4) is 0 Å². The first-order valence-electron chi connectivity index (χ1n) is 6.88. The molecular weight excluding hydrogens is 289 g/mol. The van der Waals surface area contributed by atoms with Crippen LogP contribution >= 0.6 is 11.6 Å². The van der Waals surface area contributed by atoms with Crippen LogP contribution < -0.4 is 5.32 Å². The summed E-state index contributed by atoms with van der Waals surface area (Å²) in [5.41, 5.74) is 1.39. The van der Waals surface area contributed by atoms with Crippen molar-refractivity contribution in [1.29, 1.82) is 0 Å². The predicted molar refractivity (Wildman–Crippen MR) is 82.7 cm³/mol. The molecule has 1 amide bonds. The maximum Gasteiger partial charge on any atom is 0.225 e. The van der Waals surface area contributed by atoms with Gasteiger partial charge in [0.15, 0.2) is 0 Å². The van der Waals surface area contributed by atoms with E-state index in [0.717, 1.165) is 12.0 Å². The summed E-state index contributed by atoms with van der Waals surface area (Å²) >= 11 is 5.70. The fraction of sp³-hybridized carbons (Fsp3) is 0.235. The number of rotatable bonds is 5. The van der Waals surface area contributed by atoms with Crippen molar-refractivity contribution in [2.24, 2.45) is 0 Å². The largest absolute Gasteiger partial charge is 0.349 e. The lowest BCUT2D eigenvalue weighted by atomic mass is 10.0. The summed E-state index contributed by atoms with van der Waals surface area (Å²) in [6.07, 6.45) is 0.783. The summed E-state index contributed by atoms with van der Waals surface area (Å²) in [6, 6.07) is 14.0. The Kier molecular flexibility index (Phi) is 5.34. The van der Waals surface area contributed by atoms with Crippen molar-refractivity contribution < 1.29 is 9.18 Å². The first-order valence-corrected chi connectivity index (χ1v) is 7.26. The van der Waals surface area contributed by atoms with E-state index in [1.807, 2.05) is 37.3 Å². The van der Waals surface area contributed by atoms with Crippen molar-refractivity contribution >= 4 is 17.5 Å². The molecular formula is C17H17ClFNO. The second kappa shape index (κ2) is 7.23. The zero-order chi connectivity index (χ0) is 15.2. The molecule has 0 aliphatic carbocycles. The van der Waals surface area contributed by atoms with Gasteiger partial charge >= 0.3 is 0 Å². The zero-order valence-electron chi connectivity index (χ0n) is 11.8. The standard InChI is InChI=1S/C17H17ClFNO/c1-2-16(12-6-4-3-5-7-12)20-17(21)10-13-8-9-14(18)11-15(13)19/h3-9,11,16H,2,10H2,1H3,(H,20,21)/t16-/m1/s1. The van der Waals surface area contributed by atoms with Crippen LogP contribution in [0.25, 0.3) is 0 Å². The molecule has 110 valence electrons. The van der Waals surface area contributed by atoms with Gasteiger partial charge in [0.2, 0.25) is 5.91 Å². The molecule has 0 saturated heterocycles. The molecule has 0 spiro atoms. The van der Waals surface area contributed by atoms with Crippen LogP contribution in [0, 0.1) is 5.82 Å². The van der Waals surface area contributed by atoms with Crippen molar-refractivity contribution in [3.05, 3.63) is 70.5 Å². The molecule has 0 fully saturated rings. The average Bonchev–Trinajstić information content (AvgIpc) is 2.48. The van der Waals surface area contributed by atoms with Gasteiger partial charge in [-0.15, -0.1) is 0 Å². The molecule has 4 heteroatoms. The van der Waals surface area contributed by atoms with Gasteiger partial charge in [-0.05, 0) is 29.7 Å². The third kappa shape index (κ3) is 4.30. The molecule has 0 unspecified atom stereocenters. The lowest BCUT2D eigenvalue weighted by Crippen LogP contribution is -2.29. The Balaban J connectivity index is 2.03. The molecule has 21 heavy (non-hydrogen) atoms. The number of benzene rings is 2. The van der Waals surface area contributed by atoms with Crippen molar-refractivity contribution in [2.75, 3.05) is 0 Å². The zero-order valence-corrected chi connectivity index (χ0v) is 12.5. The number of amides is 1. The minimum atomic E-state index is -0.453. The van der Waals surface area contributed by atoms with Crippen LogP contribution in [0.4, 0.5) is 4.39 Å². The van der Waals surface area contributed by atoms with E-state index in [0.29, 0.717) is 10.6 Å². The van der Waals surface area contributed by atoms with E-state index in [-0.39, 0.29) is 18.4 Å². The quantitative estimate of drug-likeness (QED) is 0.877. The Labute approximate surface area is 128 Å². The first kappa shape index (κ1) is 15.5. The van der Waals surface area contributed by atoms with Crippen molar-refractivity contribution in [1.82, 2.24) is 5.32 Å². The summed E-state index contributed by atoms with van der Waals surface area (Å²) in [4.78, 5) is 12.1. The van der Waals surface area contributed by atoms with E-state index in [1.165, 1.54) is 6.07 Å².